The Labute approximate surface area is 106 Å². The topological polar surface area (TPSA) is 49.7 Å². The summed E-state index contributed by atoms with van der Waals surface area (Å²) >= 11 is 2.41. The second-order valence-electron chi connectivity index (χ2n) is 3.20. The van der Waals surface area contributed by atoms with E-state index in [2.05, 4.69) is 4.99 Å². The normalized spacial score (nSPS) is 17.6. The molecule has 0 unspecified atom stereocenters. The van der Waals surface area contributed by atoms with E-state index in [-0.39, 0.29) is 22.1 Å². The van der Waals surface area contributed by atoms with Crippen LogP contribution < -0.4 is 0 Å². The van der Waals surface area contributed by atoms with Crippen molar-refractivity contribution in [1.29, 1.82) is 0 Å². The lowest BCUT2D eigenvalue weighted by atomic mass is 10.1. The van der Waals surface area contributed by atoms with E-state index in [0.29, 0.717) is 4.38 Å². The Hall–Kier alpha value is -1.27. The number of hydrogen-bond donors (Lipinski definition) is 1. The summed E-state index contributed by atoms with van der Waals surface area (Å²) in [7, 11) is 0. The highest BCUT2D eigenvalue weighted by Crippen LogP contribution is 2.31. The lowest BCUT2D eigenvalue weighted by Gasteiger charge is -1.99. The van der Waals surface area contributed by atoms with Crippen LogP contribution in [0.5, 0.6) is 5.75 Å². The third-order valence-electron chi connectivity index (χ3n) is 2.06. The van der Waals surface area contributed by atoms with Crippen molar-refractivity contribution in [2.24, 2.45) is 4.99 Å². The van der Waals surface area contributed by atoms with E-state index in [9.17, 15) is 14.3 Å². The van der Waals surface area contributed by atoms with Crippen LogP contribution in [-0.4, -0.2) is 20.9 Å². The van der Waals surface area contributed by atoms with Crippen LogP contribution in [0, 0.1) is 5.82 Å². The van der Waals surface area contributed by atoms with Crippen molar-refractivity contribution in [3.05, 3.63) is 35.3 Å². The highest BCUT2D eigenvalue weighted by atomic mass is 32.2. The fraction of sp³-hybridized carbons (Fsp3) is 0.0909. The lowest BCUT2D eigenvalue weighted by molar-refractivity contribution is -0.107. The standard InChI is InChI=1S/C11H8FNO2S2/c1-16-11-13-8(10(15)17-11)5-6-4-7(12)2-3-9(6)14/h2-5,14H,1H3/b8-5+. The first-order chi connectivity index (χ1) is 8.10. The number of aromatic hydroxyl groups is 1. The second kappa shape index (κ2) is 4.93. The molecule has 88 valence electrons. The van der Waals surface area contributed by atoms with E-state index in [0.717, 1.165) is 23.9 Å². The summed E-state index contributed by atoms with van der Waals surface area (Å²) in [5, 5.41) is 9.33. The minimum absolute atomic E-state index is 0.0792. The Balaban J connectivity index is 2.39. The Morgan fingerprint density at radius 2 is 2.29 bits per heavy atom. The number of nitrogens with zero attached hydrogens (tertiary/aromatic N) is 1. The van der Waals surface area contributed by atoms with Gasteiger partial charge >= 0.3 is 0 Å². The van der Waals surface area contributed by atoms with E-state index >= 15 is 0 Å². The molecule has 0 atom stereocenters. The molecule has 1 aromatic rings. The summed E-state index contributed by atoms with van der Waals surface area (Å²) in [6.45, 7) is 0. The maximum Gasteiger partial charge on any atom is 0.244 e. The molecule has 17 heavy (non-hydrogen) atoms. The highest BCUT2D eigenvalue weighted by molar-refractivity contribution is 8.45. The third kappa shape index (κ3) is 2.70. The molecule has 0 fully saturated rings. The van der Waals surface area contributed by atoms with E-state index in [4.69, 9.17) is 0 Å². The van der Waals surface area contributed by atoms with E-state index in [1.54, 1.807) is 0 Å². The van der Waals surface area contributed by atoms with E-state index in [1.165, 1.54) is 23.9 Å². The summed E-state index contributed by atoms with van der Waals surface area (Å²) in [5.74, 6) is -0.550. The molecule has 0 spiro atoms. The fourth-order valence-electron chi connectivity index (χ4n) is 1.27. The van der Waals surface area contributed by atoms with Crippen molar-refractivity contribution in [2.75, 3.05) is 6.26 Å². The van der Waals surface area contributed by atoms with Crippen LogP contribution in [0.3, 0.4) is 0 Å². The second-order valence-corrected chi connectivity index (χ2v) is 5.22. The molecular formula is C11H8FNO2S2. The number of benzene rings is 1. The number of rotatable bonds is 1. The van der Waals surface area contributed by atoms with Gasteiger partial charge in [0.15, 0.2) is 0 Å². The van der Waals surface area contributed by atoms with Gasteiger partial charge in [0.2, 0.25) is 5.12 Å². The quantitative estimate of drug-likeness (QED) is 0.796. The molecule has 1 aromatic carbocycles. The van der Waals surface area contributed by atoms with Crippen molar-refractivity contribution in [2.45, 2.75) is 0 Å². The third-order valence-corrected chi connectivity index (χ3v) is 3.91. The average molecular weight is 269 g/mol. The summed E-state index contributed by atoms with van der Waals surface area (Å²) in [6.07, 6.45) is 3.21. The number of phenols is 1. The van der Waals surface area contributed by atoms with Gasteiger partial charge in [-0.1, -0.05) is 0 Å². The summed E-state index contributed by atoms with van der Waals surface area (Å²) < 4.78 is 13.6. The number of hydrogen-bond acceptors (Lipinski definition) is 5. The molecule has 1 N–H and O–H groups in total. The summed E-state index contributed by atoms with van der Waals surface area (Å²) in [4.78, 5) is 15.6. The van der Waals surface area contributed by atoms with Gasteiger partial charge in [0.1, 0.15) is 21.6 Å². The predicted octanol–water partition coefficient (Wildman–Crippen LogP) is 2.86. The molecule has 1 heterocycles. The molecule has 0 amide bonds. The molecule has 0 aromatic heterocycles. The van der Waals surface area contributed by atoms with Gasteiger partial charge in [-0.25, -0.2) is 9.38 Å². The maximum atomic E-state index is 13.0. The van der Waals surface area contributed by atoms with Crippen LogP contribution in [0.4, 0.5) is 4.39 Å². The maximum absolute atomic E-state index is 13.0. The first-order valence-electron chi connectivity index (χ1n) is 4.65. The van der Waals surface area contributed by atoms with Crippen molar-refractivity contribution in [1.82, 2.24) is 0 Å². The van der Waals surface area contributed by atoms with E-state index < -0.39 is 5.82 Å². The van der Waals surface area contributed by atoms with Crippen LogP contribution in [0.2, 0.25) is 0 Å². The Bertz CT molecular complexity index is 540. The smallest absolute Gasteiger partial charge is 0.244 e. The number of halogens is 1. The molecule has 0 aliphatic carbocycles. The van der Waals surface area contributed by atoms with Crippen LogP contribution in [0.25, 0.3) is 6.08 Å². The summed E-state index contributed by atoms with van der Waals surface area (Å²) in [5.41, 5.74) is 0.473. The van der Waals surface area contributed by atoms with Gasteiger partial charge in [0.25, 0.3) is 0 Å². The largest absolute Gasteiger partial charge is 0.507 e. The van der Waals surface area contributed by atoms with Crippen molar-refractivity contribution < 1.29 is 14.3 Å². The minimum atomic E-state index is -0.471. The lowest BCUT2D eigenvalue weighted by Crippen LogP contribution is -1.88. The van der Waals surface area contributed by atoms with E-state index in [1.807, 2.05) is 6.26 Å². The Morgan fingerprint density at radius 3 is 2.94 bits per heavy atom. The van der Waals surface area contributed by atoms with Crippen LogP contribution in [-0.2, 0) is 4.79 Å². The van der Waals surface area contributed by atoms with Gasteiger partial charge in [-0.2, -0.15) is 0 Å². The SMILES string of the molecule is CSC1=N/C(=C/c2cc(F)ccc2O)C(=O)S1. The van der Waals surface area contributed by atoms with Crippen molar-refractivity contribution in [3.63, 3.8) is 0 Å². The predicted molar refractivity (Wildman–Crippen MR) is 69.6 cm³/mol. The first kappa shape index (κ1) is 12.2. The van der Waals surface area contributed by atoms with Crippen LogP contribution >= 0.6 is 23.5 Å². The zero-order valence-electron chi connectivity index (χ0n) is 8.81. The Morgan fingerprint density at radius 1 is 1.53 bits per heavy atom. The van der Waals surface area contributed by atoms with Crippen LogP contribution in [0.1, 0.15) is 5.56 Å². The number of carbonyl (C=O) groups is 1. The summed E-state index contributed by atoms with van der Waals surface area (Å²) in [6, 6.07) is 3.56. The molecule has 0 saturated heterocycles. The number of aliphatic imine (C=N–C) groups is 1. The number of phenolic OH excluding ortho intramolecular Hbond substituents is 1. The molecular weight excluding hydrogens is 261 g/mol. The van der Waals surface area contributed by atoms with Crippen molar-refractivity contribution in [3.8, 4) is 5.75 Å². The van der Waals surface area contributed by atoms with Gasteiger partial charge < -0.3 is 5.11 Å². The molecule has 0 radical (unpaired) electrons. The molecule has 0 saturated carbocycles. The number of thioether (sulfide) groups is 2. The molecule has 1 aliphatic heterocycles. The zero-order valence-corrected chi connectivity index (χ0v) is 10.4. The fourth-order valence-corrected chi connectivity index (χ4v) is 2.53. The molecule has 0 bridgehead atoms. The number of carbonyl (C=O) groups excluding carboxylic acids is 1. The molecule has 6 heteroatoms. The Kier molecular flexibility index (Phi) is 3.54. The molecule has 2 rings (SSSR count). The van der Waals surface area contributed by atoms with Gasteiger partial charge in [-0.15, -0.1) is 11.8 Å². The van der Waals surface area contributed by atoms with Gasteiger partial charge in [0, 0.05) is 5.56 Å². The highest BCUT2D eigenvalue weighted by Gasteiger charge is 2.21. The minimum Gasteiger partial charge on any atom is -0.507 e. The van der Waals surface area contributed by atoms with Gasteiger partial charge in [0.05, 0.1) is 0 Å². The zero-order chi connectivity index (χ0) is 12.4. The monoisotopic (exact) mass is 269 g/mol. The van der Waals surface area contributed by atoms with Crippen molar-refractivity contribution >= 4 is 39.1 Å². The average Bonchev–Trinajstić information content (AvgIpc) is 2.65. The van der Waals surface area contributed by atoms with Crippen LogP contribution in [0.15, 0.2) is 28.9 Å². The molecule has 1 aliphatic rings. The van der Waals surface area contributed by atoms with Gasteiger partial charge in [-0.05, 0) is 42.3 Å². The first-order valence-corrected chi connectivity index (χ1v) is 6.69. The van der Waals surface area contributed by atoms with Gasteiger partial charge in [-0.3, -0.25) is 4.79 Å². The molecule has 3 nitrogen and oxygen atoms in total.